The van der Waals surface area contributed by atoms with Crippen molar-refractivity contribution in [2.24, 2.45) is 0 Å². The van der Waals surface area contributed by atoms with E-state index in [0.29, 0.717) is 0 Å². The third-order valence-electron chi connectivity index (χ3n) is 4.14. The molecule has 0 radical (unpaired) electrons. The Balaban J connectivity index is 5.43. The summed E-state index contributed by atoms with van der Waals surface area (Å²) < 4.78 is 0. The number of rotatable bonds is 12. The van der Waals surface area contributed by atoms with Crippen LogP contribution in [0.5, 0.6) is 0 Å². The van der Waals surface area contributed by atoms with Gasteiger partial charge in [-0.3, -0.25) is 33.8 Å². The van der Waals surface area contributed by atoms with E-state index in [1.165, 1.54) is 27.7 Å². The average Bonchev–Trinajstić information content (AvgIpc) is 2.54. The van der Waals surface area contributed by atoms with Crippen molar-refractivity contribution >= 4 is 29.7 Å². The van der Waals surface area contributed by atoms with Crippen LogP contribution in [-0.2, 0) is 24.0 Å². The maximum absolute atomic E-state index is 12.3. The van der Waals surface area contributed by atoms with Gasteiger partial charge in [0.1, 0.15) is 24.2 Å². The molecule has 4 unspecified atom stereocenters. The van der Waals surface area contributed by atoms with Crippen molar-refractivity contribution in [1.82, 2.24) is 9.80 Å². The second-order valence-corrected chi connectivity index (χ2v) is 5.94. The second kappa shape index (κ2) is 9.82. The van der Waals surface area contributed by atoms with Gasteiger partial charge in [0.2, 0.25) is 0 Å². The molecule has 148 valence electrons. The van der Waals surface area contributed by atoms with Crippen molar-refractivity contribution in [2.75, 3.05) is 13.1 Å². The summed E-state index contributed by atoms with van der Waals surface area (Å²) in [6.07, 6.45) is 0. The molecule has 0 amide bonds. The van der Waals surface area contributed by atoms with Crippen molar-refractivity contribution in [3.05, 3.63) is 0 Å². The minimum atomic E-state index is -1.33. The van der Waals surface area contributed by atoms with E-state index < -0.39 is 66.9 Å². The Labute approximate surface area is 149 Å². The minimum absolute atomic E-state index is 0.587. The molecule has 0 aliphatic heterocycles. The molecule has 0 aliphatic rings. The maximum atomic E-state index is 12.3. The lowest BCUT2D eigenvalue weighted by molar-refractivity contribution is -0.150. The van der Waals surface area contributed by atoms with Gasteiger partial charge in [-0.25, -0.2) is 0 Å². The zero-order chi connectivity index (χ0) is 20.8. The zero-order valence-corrected chi connectivity index (χ0v) is 14.9. The topological polar surface area (TPSA) is 173 Å². The Kier molecular flexibility index (Phi) is 8.87. The molecule has 0 aromatic carbocycles. The number of carbonyl (C=O) groups is 5. The molecule has 0 aromatic heterocycles. The number of carboxylic acids is 4. The summed E-state index contributed by atoms with van der Waals surface area (Å²) in [4.78, 5) is 58.8. The molecule has 0 rings (SSSR count). The lowest BCUT2D eigenvalue weighted by Gasteiger charge is -2.32. The van der Waals surface area contributed by atoms with Crippen molar-refractivity contribution in [3.8, 4) is 0 Å². The van der Waals surface area contributed by atoms with Gasteiger partial charge >= 0.3 is 23.9 Å². The van der Waals surface area contributed by atoms with Gasteiger partial charge in [0.05, 0.1) is 13.1 Å². The summed E-state index contributed by atoms with van der Waals surface area (Å²) in [6, 6.07) is -5.14. The van der Waals surface area contributed by atoms with Crippen LogP contribution >= 0.6 is 0 Å². The minimum Gasteiger partial charge on any atom is -0.480 e. The molecule has 0 saturated carbocycles. The number of hydrogen-bond donors (Lipinski definition) is 4. The monoisotopic (exact) mass is 376 g/mol. The van der Waals surface area contributed by atoms with E-state index in [9.17, 15) is 24.0 Å². The largest absolute Gasteiger partial charge is 0.480 e. The summed E-state index contributed by atoms with van der Waals surface area (Å²) in [7, 11) is 0. The summed E-state index contributed by atoms with van der Waals surface area (Å²) >= 11 is 0. The zero-order valence-electron chi connectivity index (χ0n) is 14.9. The summed E-state index contributed by atoms with van der Waals surface area (Å²) in [5.74, 6) is -6.03. The van der Waals surface area contributed by atoms with Crippen molar-refractivity contribution in [3.63, 3.8) is 0 Å². The van der Waals surface area contributed by atoms with E-state index in [1.54, 1.807) is 0 Å². The van der Waals surface area contributed by atoms with Crippen LogP contribution in [0.4, 0.5) is 0 Å². The lowest BCUT2D eigenvalue weighted by atomic mass is 10.1. The van der Waals surface area contributed by atoms with Crippen LogP contribution in [-0.4, -0.2) is 97.1 Å². The molecule has 0 saturated heterocycles. The van der Waals surface area contributed by atoms with E-state index in [4.69, 9.17) is 20.4 Å². The number of Topliss-reactive ketones (excluding diaryl/α,β-unsaturated/α-hetero) is 1. The fourth-order valence-electron chi connectivity index (χ4n) is 2.24. The van der Waals surface area contributed by atoms with Gasteiger partial charge in [-0.15, -0.1) is 0 Å². The normalized spacial score (nSPS) is 15.9. The SMILES string of the molecule is CC(C(=O)O)N(CC(=O)CN(C(C)C(=O)O)C(C)C(=O)O)C(C)C(=O)O. The molecular weight excluding hydrogens is 352 g/mol. The highest BCUT2D eigenvalue weighted by Crippen LogP contribution is 2.10. The first kappa shape index (κ1) is 23.5. The molecule has 0 fully saturated rings. The fourth-order valence-corrected chi connectivity index (χ4v) is 2.24. The predicted molar refractivity (Wildman–Crippen MR) is 86.8 cm³/mol. The van der Waals surface area contributed by atoms with Gasteiger partial charge in [-0.05, 0) is 27.7 Å². The number of ketones is 1. The van der Waals surface area contributed by atoms with E-state index >= 15 is 0 Å². The summed E-state index contributed by atoms with van der Waals surface area (Å²) in [5.41, 5.74) is 0. The molecule has 0 heterocycles. The van der Waals surface area contributed by atoms with Gasteiger partial charge in [0, 0.05) is 0 Å². The van der Waals surface area contributed by atoms with Crippen molar-refractivity contribution in [2.45, 2.75) is 51.9 Å². The molecule has 0 aliphatic carbocycles. The average molecular weight is 376 g/mol. The van der Waals surface area contributed by atoms with E-state index in [0.717, 1.165) is 9.80 Å². The summed E-state index contributed by atoms with van der Waals surface area (Å²) in [6.45, 7) is 3.69. The number of nitrogens with zero attached hydrogens (tertiary/aromatic N) is 2. The van der Waals surface area contributed by atoms with Crippen LogP contribution in [0.1, 0.15) is 27.7 Å². The van der Waals surface area contributed by atoms with E-state index in [-0.39, 0.29) is 0 Å². The van der Waals surface area contributed by atoms with Crippen LogP contribution in [0.2, 0.25) is 0 Å². The van der Waals surface area contributed by atoms with E-state index in [1.807, 2.05) is 0 Å². The first-order valence-corrected chi connectivity index (χ1v) is 7.75. The van der Waals surface area contributed by atoms with Crippen molar-refractivity contribution < 1.29 is 44.4 Å². The number of carboxylic acid groups (broad SMARTS) is 4. The van der Waals surface area contributed by atoms with Gasteiger partial charge < -0.3 is 20.4 Å². The second-order valence-electron chi connectivity index (χ2n) is 5.94. The summed E-state index contributed by atoms with van der Waals surface area (Å²) in [5, 5.41) is 36.4. The van der Waals surface area contributed by atoms with Gasteiger partial charge in [-0.1, -0.05) is 0 Å². The Morgan fingerprint density at radius 2 is 0.769 bits per heavy atom. The maximum Gasteiger partial charge on any atom is 0.320 e. The molecule has 0 aromatic rings. The first-order chi connectivity index (χ1) is 11.8. The Hall–Kier alpha value is -2.53. The first-order valence-electron chi connectivity index (χ1n) is 7.75. The lowest BCUT2D eigenvalue weighted by Crippen LogP contribution is -2.54. The molecule has 0 spiro atoms. The quantitative estimate of drug-likeness (QED) is 0.331. The molecular formula is C15H24N2O9. The Morgan fingerprint density at radius 1 is 0.577 bits per heavy atom. The molecule has 26 heavy (non-hydrogen) atoms. The number of aliphatic carboxylic acids is 4. The molecule has 11 heteroatoms. The fraction of sp³-hybridized carbons (Fsp3) is 0.667. The van der Waals surface area contributed by atoms with E-state index in [2.05, 4.69) is 0 Å². The van der Waals surface area contributed by atoms with Crippen LogP contribution in [0.3, 0.4) is 0 Å². The van der Waals surface area contributed by atoms with Gasteiger partial charge in [-0.2, -0.15) is 0 Å². The molecule has 4 atom stereocenters. The smallest absolute Gasteiger partial charge is 0.320 e. The van der Waals surface area contributed by atoms with Crippen LogP contribution in [0.15, 0.2) is 0 Å². The molecule has 0 bridgehead atoms. The predicted octanol–water partition coefficient (Wildman–Crippen LogP) is -0.948. The number of hydrogen-bond acceptors (Lipinski definition) is 7. The van der Waals surface area contributed by atoms with Crippen molar-refractivity contribution in [1.29, 1.82) is 0 Å². The Bertz CT molecular complexity index is 489. The highest BCUT2D eigenvalue weighted by atomic mass is 16.4. The van der Waals surface area contributed by atoms with Crippen LogP contribution in [0.25, 0.3) is 0 Å². The molecule has 4 N–H and O–H groups in total. The highest BCUT2D eigenvalue weighted by Gasteiger charge is 2.34. The highest BCUT2D eigenvalue weighted by molar-refractivity contribution is 5.86. The standard InChI is InChI=1S/C15H24N2O9/c1-7(12(19)20)16(8(2)13(21)22)5-11(18)6-17(9(3)14(23)24)10(4)15(25)26/h7-10H,5-6H2,1-4H3,(H,19,20)(H,21,22)(H,23,24)(H,25,26). The molecule has 11 nitrogen and oxygen atoms in total. The third kappa shape index (κ3) is 6.41. The van der Waals surface area contributed by atoms with Crippen LogP contribution < -0.4 is 0 Å². The number of carbonyl (C=O) groups excluding carboxylic acids is 1. The third-order valence-corrected chi connectivity index (χ3v) is 4.14. The van der Waals surface area contributed by atoms with Crippen LogP contribution in [0, 0.1) is 0 Å². The van der Waals surface area contributed by atoms with Gasteiger partial charge in [0.25, 0.3) is 0 Å². The Morgan fingerprint density at radius 3 is 0.923 bits per heavy atom. The van der Waals surface area contributed by atoms with Gasteiger partial charge in [0.15, 0.2) is 5.78 Å².